The number of carbonyl (C=O) groups is 2. The van der Waals surface area contributed by atoms with E-state index in [1.54, 1.807) is 0 Å². The van der Waals surface area contributed by atoms with Gasteiger partial charge < -0.3 is 10.1 Å². The van der Waals surface area contributed by atoms with Crippen LogP contribution in [0.25, 0.3) is 0 Å². The van der Waals surface area contributed by atoms with Gasteiger partial charge in [-0.05, 0) is 38.8 Å². The third-order valence-electron chi connectivity index (χ3n) is 4.04. The average molecular weight is 254 g/mol. The van der Waals surface area contributed by atoms with Crippen LogP contribution in [0.3, 0.4) is 0 Å². The van der Waals surface area contributed by atoms with Crippen LogP contribution < -0.4 is 5.32 Å². The van der Waals surface area contributed by atoms with E-state index >= 15 is 0 Å². The van der Waals surface area contributed by atoms with E-state index in [1.807, 2.05) is 0 Å². The van der Waals surface area contributed by atoms with Crippen LogP contribution in [0.2, 0.25) is 0 Å². The quantitative estimate of drug-likeness (QED) is 0.731. The smallest absolute Gasteiger partial charge is 0.308 e. The summed E-state index contributed by atoms with van der Waals surface area (Å²) >= 11 is 0. The molecule has 0 radical (unpaired) electrons. The number of methoxy groups -OCH3 is 1. The molecule has 2 saturated heterocycles. The van der Waals surface area contributed by atoms with E-state index in [4.69, 9.17) is 4.74 Å². The third-order valence-corrected chi connectivity index (χ3v) is 4.04. The number of nitrogens with one attached hydrogen (secondary N) is 1. The van der Waals surface area contributed by atoms with Crippen molar-refractivity contribution in [2.45, 2.75) is 38.1 Å². The summed E-state index contributed by atoms with van der Waals surface area (Å²) in [5.41, 5.74) is 0. The molecule has 2 aliphatic rings. The minimum absolute atomic E-state index is 0.0471. The number of hydrogen-bond acceptors (Lipinski definition) is 4. The van der Waals surface area contributed by atoms with Crippen molar-refractivity contribution in [2.75, 3.05) is 26.7 Å². The first-order chi connectivity index (χ1) is 8.70. The van der Waals surface area contributed by atoms with Gasteiger partial charge >= 0.3 is 5.97 Å². The van der Waals surface area contributed by atoms with Gasteiger partial charge in [-0.15, -0.1) is 0 Å². The molecule has 0 saturated carbocycles. The third kappa shape index (κ3) is 3.22. The van der Waals surface area contributed by atoms with Crippen LogP contribution in [0, 0.1) is 5.92 Å². The van der Waals surface area contributed by atoms with E-state index in [0.29, 0.717) is 12.5 Å². The molecule has 0 aromatic carbocycles. The first-order valence-corrected chi connectivity index (χ1v) is 6.79. The Bertz CT molecular complexity index is 311. The topological polar surface area (TPSA) is 58.6 Å². The van der Waals surface area contributed by atoms with Gasteiger partial charge in [-0.25, -0.2) is 0 Å². The van der Waals surface area contributed by atoms with Crippen molar-refractivity contribution in [1.82, 2.24) is 10.2 Å². The standard InChI is InChI=1S/C13H22N2O3/c1-18-13(17)10-4-7-15(8-5-10)11-3-2-6-14-12(16)9-11/h10-11H,2-9H2,1H3,(H,14,16). The van der Waals surface area contributed by atoms with E-state index in [-0.39, 0.29) is 17.8 Å². The molecule has 5 heteroatoms. The van der Waals surface area contributed by atoms with Crippen molar-refractivity contribution in [3.8, 4) is 0 Å². The predicted molar refractivity (Wildman–Crippen MR) is 67.0 cm³/mol. The largest absolute Gasteiger partial charge is 0.469 e. The van der Waals surface area contributed by atoms with Crippen LogP contribution in [-0.2, 0) is 14.3 Å². The fraction of sp³-hybridized carbons (Fsp3) is 0.846. The van der Waals surface area contributed by atoms with Crippen molar-refractivity contribution in [2.24, 2.45) is 5.92 Å². The molecule has 102 valence electrons. The van der Waals surface area contributed by atoms with Crippen LogP contribution in [0.4, 0.5) is 0 Å². The maximum absolute atomic E-state index is 11.5. The summed E-state index contributed by atoms with van der Waals surface area (Å²) in [6.45, 7) is 2.60. The second kappa shape index (κ2) is 6.18. The molecule has 0 aliphatic carbocycles. The Hall–Kier alpha value is -1.10. The van der Waals surface area contributed by atoms with Crippen LogP contribution in [0.5, 0.6) is 0 Å². The Morgan fingerprint density at radius 3 is 2.72 bits per heavy atom. The van der Waals surface area contributed by atoms with Crippen LogP contribution in [0.15, 0.2) is 0 Å². The molecule has 1 N–H and O–H groups in total. The van der Waals surface area contributed by atoms with E-state index in [9.17, 15) is 9.59 Å². The number of rotatable bonds is 2. The lowest BCUT2D eigenvalue weighted by Gasteiger charge is -2.36. The highest BCUT2D eigenvalue weighted by molar-refractivity contribution is 5.76. The zero-order chi connectivity index (χ0) is 13.0. The van der Waals surface area contributed by atoms with Crippen molar-refractivity contribution in [3.63, 3.8) is 0 Å². The number of carbonyl (C=O) groups excluding carboxylic acids is 2. The molecular formula is C13H22N2O3. The number of amides is 1. The van der Waals surface area contributed by atoms with E-state index in [0.717, 1.165) is 45.3 Å². The summed E-state index contributed by atoms with van der Waals surface area (Å²) in [5, 5.41) is 2.91. The Morgan fingerprint density at radius 1 is 1.33 bits per heavy atom. The molecule has 5 nitrogen and oxygen atoms in total. The minimum atomic E-state index is -0.0896. The summed E-state index contributed by atoms with van der Waals surface area (Å²) in [6.07, 6.45) is 4.42. The number of likely N-dealkylation sites (tertiary alicyclic amines) is 1. The monoisotopic (exact) mass is 254 g/mol. The highest BCUT2D eigenvalue weighted by Gasteiger charge is 2.30. The van der Waals surface area contributed by atoms with Gasteiger partial charge in [0.05, 0.1) is 13.0 Å². The number of ether oxygens (including phenoxy) is 1. The fourth-order valence-corrected chi connectivity index (χ4v) is 2.93. The summed E-state index contributed by atoms with van der Waals surface area (Å²) in [4.78, 5) is 25.4. The lowest BCUT2D eigenvalue weighted by molar-refractivity contribution is -0.147. The van der Waals surface area contributed by atoms with E-state index < -0.39 is 0 Å². The molecule has 0 aromatic rings. The summed E-state index contributed by atoms with van der Waals surface area (Å²) < 4.78 is 4.79. The maximum Gasteiger partial charge on any atom is 0.308 e. The molecule has 18 heavy (non-hydrogen) atoms. The first kappa shape index (κ1) is 13.3. The van der Waals surface area contributed by atoms with Gasteiger partial charge in [-0.3, -0.25) is 14.5 Å². The van der Waals surface area contributed by atoms with Gasteiger partial charge in [0, 0.05) is 19.0 Å². The van der Waals surface area contributed by atoms with E-state index in [1.165, 1.54) is 7.11 Å². The Kier molecular flexibility index (Phi) is 4.58. The van der Waals surface area contributed by atoms with Crippen molar-refractivity contribution < 1.29 is 14.3 Å². The lowest BCUT2D eigenvalue weighted by atomic mass is 9.94. The minimum Gasteiger partial charge on any atom is -0.469 e. The van der Waals surface area contributed by atoms with Gasteiger partial charge in [0.15, 0.2) is 0 Å². The summed E-state index contributed by atoms with van der Waals surface area (Å²) in [6, 6.07) is 0.353. The second-order valence-electron chi connectivity index (χ2n) is 5.18. The normalized spacial score (nSPS) is 27.4. The number of piperidine rings is 1. The molecule has 0 spiro atoms. The Morgan fingerprint density at radius 2 is 2.06 bits per heavy atom. The summed E-state index contributed by atoms with van der Waals surface area (Å²) in [7, 11) is 1.45. The number of esters is 1. The van der Waals surface area contributed by atoms with Crippen LogP contribution in [0.1, 0.15) is 32.1 Å². The second-order valence-corrected chi connectivity index (χ2v) is 5.18. The van der Waals surface area contributed by atoms with Gasteiger partial charge in [-0.2, -0.15) is 0 Å². The van der Waals surface area contributed by atoms with Crippen molar-refractivity contribution >= 4 is 11.9 Å². The van der Waals surface area contributed by atoms with Crippen LogP contribution >= 0.6 is 0 Å². The SMILES string of the molecule is COC(=O)C1CCN(C2CCCNC(=O)C2)CC1. The highest BCUT2D eigenvalue weighted by atomic mass is 16.5. The molecule has 2 heterocycles. The van der Waals surface area contributed by atoms with Gasteiger partial charge in [0.25, 0.3) is 0 Å². The lowest BCUT2D eigenvalue weighted by Crippen LogP contribution is -2.44. The van der Waals surface area contributed by atoms with Gasteiger partial charge in [0.1, 0.15) is 0 Å². The highest BCUT2D eigenvalue weighted by Crippen LogP contribution is 2.23. The Labute approximate surface area is 108 Å². The molecule has 2 aliphatic heterocycles. The zero-order valence-electron chi connectivity index (χ0n) is 11.0. The van der Waals surface area contributed by atoms with Gasteiger partial charge in [-0.1, -0.05) is 0 Å². The van der Waals surface area contributed by atoms with Gasteiger partial charge in [0.2, 0.25) is 5.91 Å². The molecule has 2 rings (SSSR count). The fourth-order valence-electron chi connectivity index (χ4n) is 2.93. The van der Waals surface area contributed by atoms with Crippen molar-refractivity contribution in [1.29, 1.82) is 0 Å². The number of nitrogens with zero attached hydrogens (tertiary/aromatic N) is 1. The predicted octanol–water partition coefficient (Wildman–Crippen LogP) is 0.540. The summed E-state index contributed by atoms with van der Waals surface area (Å²) in [5.74, 6) is 0.117. The molecule has 1 atom stereocenters. The average Bonchev–Trinajstić information content (AvgIpc) is 2.63. The van der Waals surface area contributed by atoms with E-state index in [2.05, 4.69) is 10.2 Å². The molecule has 1 unspecified atom stereocenters. The molecular weight excluding hydrogens is 232 g/mol. The Balaban J connectivity index is 1.85. The molecule has 0 bridgehead atoms. The first-order valence-electron chi connectivity index (χ1n) is 6.79. The molecule has 1 amide bonds. The zero-order valence-corrected chi connectivity index (χ0v) is 11.0. The van der Waals surface area contributed by atoms with Crippen molar-refractivity contribution in [3.05, 3.63) is 0 Å². The molecule has 0 aromatic heterocycles. The van der Waals surface area contributed by atoms with Crippen LogP contribution in [-0.4, -0.2) is 49.6 Å². The maximum atomic E-state index is 11.5. The molecule has 2 fully saturated rings. The number of hydrogen-bond donors (Lipinski definition) is 1.